The van der Waals surface area contributed by atoms with Crippen LogP contribution in [0.5, 0.6) is 0 Å². The van der Waals surface area contributed by atoms with Crippen LogP contribution in [-0.2, 0) is 0 Å². The number of aromatic nitrogens is 1. The van der Waals surface area contributed by atoms with Crippen molar-refractivity contribution in [2.45, 2.75) is 32.4 Å². The summed E-state index contributed by atoms with van der Waals surface area (Å²) in [6, 6.07) is 1.24. The first-order valence-electron chi connectivity index (χ1n) is 5.67. The fourth-order valence-corrected chi connectivity index (χ4v) is 2.75. The van der Waals surface area contributed by atoms with Crippen LogP contribution >= 0.6 is 11.3 Å². The average Bonchev–Trinajstić information content (AvgIpc) is 2.66. The molecule has 0 amide bonds. The van der Waals surface area contributed by atoms with E-state index in [9.17, 15) is 0 Å². The van der Waals surface area contributed by atoms with Crippen molar-refractivity contribution in [1.82, 2.24) is 15.2 Å². The summed E-state index contributed by atoms with van der Waals surface area (Å²) in [4.78, 5) is 8.15. The number of thiazole rings is 1. The van der Waals surface area contributed by atoms with Crippen LogP contribution in [0.2, 0.25) is 0 Å². The minimum atomic E-state index is 0.518. The first-order chi connectivity index (χ1) is 7.33. The molecule has 1 atom stereocenters. The number of hydrogen-bond acceptors (Lipinski definition) is 4. The van der Waals surface area contributed by atoms with Crippen LogP contribution < -0.4 is 5.32 Å². The molecule has 1 unspecified atom stereocenters. The SMILES string of the molecule is CCCN(C1CNC1)C(C)c1cncs1. The highest BCUT2D eigenvalue weighted by Crippen LogP contribution is 2.26. The number of hydrogen-bond donors (Lipinski definition) is 1. The number of nitrogens with zero attached hydrogens (tertiary/aromatic N) is 2. The molecular formula is C11H19N3S. The van der Waals surface area contributed by atoms with Gasteiger partial charge >= 0.3 is 0 Å². The van der Waals surface area contributed by atoms with Gasteiger partial charge in [-0.1, -0.05) is 6.92 Å². The molecule has 0 radical (unpaired) electrons. The Morgan fingerprint density at radius 1 is 1.67 bits per heavy atom. The topological polar surface area (TPSA) is 28.2 Å². The zero-order chi connectivity index (χ0) is 10.7. The molecule has 0 saturated carbocycles. The molecule has 1 aliphatic heterocycles. The highest BCUT2D eigenvalue weighted by Gasteiger charge is 2.28. The summed E-state index contributed by atoms with van der Waals surface area (Å²) in [7, 11) is 0. The Balaban J connectivity index is 2.03. The normalized spacial score (nSPS) is 19.1. The van der Waals surface area contributed by atoms with Gasteiger partial charge in [-0.3, -0.25) is 9.88 Å². The Bertz CT molecular complexity index is 282. The third kappa shape index (κ3) is 2.38. The molecule has 1 aliphatic rings. The van der Waals surface area contributed by atoms with Gasteiger partial charge in [0.15, 0.2) is 0 Å². The number of nitrogens with one attached hydrogen (secondary N) is 1. The highest BCUT2D eigenvalue weighted by molar-refractivity contribution is 7.09. The molecule has 1 fully saturated rings. The molecule has 0 spiro atoms. The second-order valence-corrected chi connectivity index (χ2v) is 5.05. The van der Waals surface area contributed by atoms with Gasteiger partial charge in [-0.25, -0.2) is 0 Å². The Morgan fingerprint density at radius 3 is 2.93 bits per heavy atom. The maximum absolute atomic E-state index is 4.17. The second-order valence-electron chi connectivity index (χ2n) is 4.13. The van der Waals surface area contributed by atoms with Gasteiger partial charge < -0.3 is 5.32 Å². The lowest BCUT2D eigenvalue weighted by molar-refractivity contribution is 0.104. The van der Waals surface area contributed by atoms with Gasteiger partial charge in [-0.15, -0.1) is 11.3 Å². The first kappa shape index (κ1) is 11.0. The van der Waals surface area contributed by atoms with E-state index in [4.69, 9.17) is 0 Å². The van der Waals surface area contributed by atoms with Gasteiger partial charge in [0.1, 0.15) is 0 Å². The molecular weight excluding hydrogens is 206 g/mol. The molecule has 3 nitrogen and oxygen atoms in total. The Morgan fingerprint density at radius 2 is 2.47 bits per heavy atom. The fraction of sp³-hybridized carbons (Fsp3) is 0.727. The van der Waals surface area contributed by atoms with Crippen LogP contribution in [0.15, 0.2) is 11.7 Å². The third-order valence-electron chi connectivity index (χ3n) is 3.07. The summed E-state index contributed by atoms with van der Waals surface area (Å²) < 4.78 is 0. The summed E-state index contributed by atoms with van der Waals surface area (Å²) in [5.41, 5.74) is 1.93. The van der Waals surface area contributed by atoms with Crippen molar-refractivity contribution in [3.63, 3.8) is 0 Å². The van der Waals surface area contributed by atoms with Gasteiger partial charge in [-0.2, -0.15) is 0 Å². The molecule has 0 aromatic carbocycles. The van der Waals surface area contributed by atoms with E-state index < -0.39 is 0 Å². The van der Waals surface area contributed by atoms with Gasteiger partial charge in [0, 0.05) is 36.2 Å². The minimum absolute atomic E-state index is 0.518. The summed E-state index contributed by atoms with van der Waals surface area (Å²) in [5, 5.41) is 3.35. The molecule has 1 aromatic rings. The smallest absolute Gasteiger partial charge is 0.0794 e. The van der Waals surface area contributed by atoms with Crippen LogP contribution in [0, 0.1) is 0 Å². The summed E-state index contributed by atoms with van der Waals surface area (Å²) in [5.74, 6) is 0. The minimum Gasteiger partial charge on any atom is -0.314 e. The van der Waals surface area contributed by atoms with E-state index in [1.54, 1.807) is 11.3 Å². The van der Waals surface area contributed by atoms with Crippen molar-refractivity contribution in [3.8, 4) is 0 Å². The molecule has 1 saturated heterocycles. The zero-order valence-electron chi connectivity index (χ0n) is 9.44. The van der Waals surface area contributed by atoms with E-state index in [0.717, 1.165) is 19.1 Å². The van der Waals surface area contributed by atoms with Crippen molar-refractivity contribution in [2.75, 3.05) is 19.6 Å². The molecule has 0 aliphatic carbocycles. The quantitative estimate of drug-likeness (QED) is 0.829. The standard InChI is InChI=1S/C11H19N3S/c1-3-4-14(10-5-12-6-10)9(2)11-7-13-8-15-11/h7-10,12H,3-6H2,1-2H3. The van der Waals surface area contributed by atoms with E-state index in [1.807, 2.05) is 11.7 Å². The van der Waals surface area contributed by atoms with Crippen molar-refractivity contribution in [3.05, 3.63) is 16.6 Å². The first-order valence-corrected chi connectivity index (χ1v) is 6.55. The molecule has 1 aromatic heterocycles. The van der Waals surface area contributed by atoms with Gasteiger partial charge in [0.2, 0.25) is 0 Å². The predicted octanol–water partition coefficient (Wildman–Crippen LogP) is 1.89. The Hall–Kier alpha value is -0.450. The third-order valence-corrected chi connectivity index (χ3v) is 4.02. The lowest BCUT2D eigenvalue weighted by Crippen LogP contribution is -2.57. The highest BCUT2D eigenvalue weighted by atomic mass is 32.1. The van der Waals surface area contributed by atoms with Crippen LogP contribution in [0.3, 0.4) is 0 Å². The molecule has 2 heterocycles. The van der Waals surface area contributed by atoms with E-state index in [1.165, 1.54) is 17.8 Å². The maximum Gasteiger partial charge on any atom is 0.0794 e. The molecule has 2 rings (SSSR count). The molecule has 1 N–H and O–H groups in total. The largest absolute Gasteiger partial charge is 0.314 e. The van der Waals surface area contributed by atoms with Crippen molar-refractivity contribution in [1.29, 1.82) is 0 Å². The van der Waals surface area contributed by atoms with E-state index >= 15 is 0 Å². The summed E-state index contributed by atoms with van der Waals surface area (Å²) in [6.45, 7) is 8.01. The number of rotatable bonds is 5. The Labute approximate surface area is 95.5 Å². The second kappa shape index (κ2) is 5.05. The van der Waals surface area contributed by atoms with Crippen molar-refractivity contribution >= 4 is 11.3 Å². The lowest BCUT2D eigenvalue weighted by Gasteiger charge is -2.41. The summed E-state index contributed by atoms with van der Waals surface area (Å²) in [6.07, 6.45) is 3.23. The van der Waals surface area contributed by atoms with Crippen molar-refractivity contribution < 1.29 is 0 Å². The predicted molar refractivity (Wildman–Crippen MR) is 64.2 cm³/mol. The van der Waals surface area contributed by atoms with Crippen molar-refractivity contribution in [2.24, 2.45) is 0 Å². The van der Waals surface area contributed by atoms with E-state index in [2.05, 4.69) is 29.0 Å². The molecule has 84 valence electrons. The van der Waals surface area contributed by atoms with Crippen LogP contribution in [-0.4, -0.2) is 35.6 Å². The Kier molecular flexibility index (Phi) is 3.72. The van der Waals surface area contributed by atoms with Crippen LogP contribution in [0.4, 0.5) is 0 Å². The molecule has 15 heavy (non-hydrogen) atoms. The fourth-order valence-electron chi connectivity index (χ4n) is 2.05. The summed E-state index contributed by atoms with van der Waals surface area (Å²) >= 11 is 1.76. The maximum atomic E-state index is 4.17. The van der Waals surface area contributed by atoms with Gasteiger partial charge in [0.05, 0.1) is 5.51 Å². The van der Waals surface area contributed by atoms with Gasteiger partial charge in [-0.05, 0) is 19.9 Å². The molecule has 0 bridgehead atoms. The van der Waals surface area contributed by atoms with Crippen LogP contribution in [0.1, 0.15) is 31.2 Å². The molecule has 4 heteroatoms. The lowest BCUT2D eigenvalue weighted by atomic mass is 10.1. The van der Waals surface area contributed by atoms with Crippen LogP contribution in [0.25, 0.3) is 0 Å². The van der Waals surface area contributed by atoms with E-state index in [-0.39, 0.29) is 0 Å². The van der Waals surface area contributed by atoms with Gasteiger partial charge in [0.25, 0.3) is 0 Å². The zero-order valence-corrected chi connectivity index (χ0v) is 10.3. The monoisotopic (exact) mass is 225 g/mol. The average molecular weight is 225 g/mol. The van der Waals surface area contributed by atoms with E-state index in [0.29, 0.717) is 6.04 Å².